The third-order valence-corrected chi connectivity index (χ3v) is 4.72. The number of rotatable bonds is 8. The summed E-state index contributed by atoms with van der Waals surface area (Å²) in [6.07, 6.45) is 2.90. The fraction of sp³-hybridized carbons (Fsp3) is 0.364. The summed E-state index contributed by atoms with van der Waals surface area (Å²) in [5, 5.41) is 0. The van der Waals surface area contributed by atoms with Gasteiger partial charge in [-0.2, -0.15) is 0 Å². The molecule has 1 aliphatic rings. The highest BCUT2D eigenvalue weighted by Crippen LogP contribution is 2.31. The highest BCUT2D eigenvalue weighted by atomic mass is 16.6. The molecule has 0 unspecified atom stereocenters. The van der Waals surface area contributed by atoms with E-state index >= 15 is 0 Å². The Morgan fingerprint density at radius 1 is 1.14 bits per heavy atom. The van der Waals surface area contributed by atoms with Crippen molar-refractivity contribution in [2.24, 2.45) is 0 Å². The molecule has 29 heavy (non-hydrogen) atoms. The van der Waals surface area contributed by atoms with Crippen LogP contribution in [0.25, 0.3) is 6.08 Å². The van der Waals surface area contributed by atoms with Crippen molar-refractivity contribution in [3.05, 3.63) is 52.9 Å². The molecule has 0 aliphatic carbocycles. The molecule has 3 rings (SSSR count). The zero-order valence-corrected chi connectivity index (χ0v) is 16.9. The van der Waals surface area contributed by atoms with Crippen molar-refractivity contribution < 1.29 is 28.5 Å². The highest BCUT2D eigenvalue weighted by Gasteiger charge is 2.17. The molecule has 0 bridgehead atoms. The van der Waals surface area contributed by atoms with E-state index in [2.05, 4.69) is 0 Å². The molecule has 1 aromatic carbocycles. The predicted molar refractivity (Wildman–Crippen MR) is 108 cm³/mol. The van der Waals surface area contributed by atoms with Gasteiger partial charge in [-0.05, 0) is 43.7 Å². The van der Waals surface area contributed by atoms with Crippen molar-refractivity contribution in [3.8, 4) is 11.5 Å². The van der Waals surface area contributed by atoms with Crippen LogP contribution in [0.5, 0.6) is 11.5 Å². The minimum atomic E-state index is -0.582. The number of carbonyl (C=O) groups is 2. The Labute approximate surface area is 169 Å². The molecule has 2 aromatic rings. The van der Waals surface area contributed by atoms with E-state index in [1.54, 1.807) is 25.3 Å². The third-order valence-electron chi connectivity index (χ3n) is 4.72. The van der Waals surface area contributed by atoms with Crippen molar-refractivity contribution >= 4 is 17.8 Å². The number of methoxy groups -OCH3 is 1. The number of ether oxygens (including phenoxy) is 4. The molecule has 2 heterocycles. The van der Waals surface area contributed by atoms with E-state index in [-0.39, 0.29) is 12.4 Å². The second kappa shape index (κ2) is 9.43. The number of nitrogens with zero attached hydrogens (tertiary/aromatic N) is 1. The Bertz CT molecular complexity index is 928. The number of esters is 1. The maximum absolute atomic E-state index is 12.5. The first-order valence-electron chi connectivity index (χ1n) is 9.43. The van der Waals surface area contributed by atoms with Gasteiger partial charge in [0.05, 0.1) is 6.61 Å². The van der Waals surface area contributed by atoms with Crippen LogP contribution in [0.2, 0.25) is 0 Å². The zero-order valence-electron chi connectivity index (χ0n) is 16.9. The molecule has 0 atom stereocenters. The number of fused-ring (bicyclic) bond motifs is 1. The number of Topliss-reactive ketones (excluding diaryl/α,β-unsaturated/α-hetero) is 1. The van der Waals surface area contributed by atoms with Crippen molar-refractivity contribution in [1.82, 2.24) is 4.57 Å². The predicted octanol–water partition coefficient (Wildman–Crippen LogP) is 2.96. The first-order chi connectivity index (χ1) is 14.0. The summed E-state index contributed by atoms with van der Waals surface area (Å²) in [4.78, 5) is 24.5. The van der Waals surface area contributed by atoms with Gasteiger partial charge in [0.25, 0.3) is 0 Å². The topological polar surface area (TPSA) is 76.0 Å². The first-order valence-corrected chi connectivity index (χ1v) is 9.43. The number of hydrogen-bond acceptors (Lipinski definition) is 6. The van der Waals surface area contributed by atoms with E-state index in [0.717, 1.165) is 17.0 Å². The van der Waals surface area contributed by atoms with Crippen LogP contribution >= 0.6 is 0 Å². The van der Waals surface area contributed by atoms with Crippen molar-refractivity contribution in [2.75, 3.05) is 33.5 Å². The van der Waals surface area contributed by atoms with Crippen LogP contribution in [0.4, 0.5) is 0 Å². The number of ketones is 1. The van der Waals surface area contributed by atoms with E-state index in [1.807, 2.05) is 30.5 Å². The maximum Gasteiger partial charge on any atom is 0.331 e. The van der Waals surface area contributed by atoms with Crippen molar-refractivity contribution in [1.29, 1.82) is 0 Å². The Morgan fingerprint density at radius 3 is 2.66 bits per heavy atom. The lowest BCUT2D eigenvalue weighted by molar-refractivity contribution is -0.136. The largest absolute Gasteiger partial charge is 0.486 e. The molecule has 0 fully saturated rings. The van der Waals surface area contributed by atoms with E-state index in [1.165, 1.54) is 6.08 Å². The number of carbonyl (C=O) groups excluding carboxylic acids is 2. The van der Waals surface area contributed by atoms with Crippen molar-refractivity contribution in [3.63, 3.8) is 0 Å². The molecule has 0 saturated carbocycles. The summed E-state index contributed by atoms with van der Waals surface area (Å²) in [5.41, 5.74) is 3.14. The summed E-state index contributed by atoms with van der Waals surface area (Å²) < 4.78 is 23.2. The van der Waals surface area contributed by atoms with Gasteiger partial charge in [0.1, 0.15) is 13.2 Å². The minimum absolute atomic E-state index is 0.233. The lowest BCUT2D eigenvalue weighted by Gasteiger charge is -2.18. The van der Waals surface area contributed by atoms with Gasteiger partial charge in [0.2, 0.25) is 5.78 Å². The van der Waals surface area contributed by atoms with E-state index in [9.17, 15) is 9.59 Å². The quantitative estimate of drug-likeness (QED) is 0.386. The second-order valence-electron chi connectivity index (χ2n) is 6.70. The molecular formula is C22H25NO6. The van der Waals surface area contributed by atoms with Gasteiger partial charge in [0, 0.05) is 36.7 Å². The lowest BCUT2D eigenvalue weighted by Crippen LogP contribution is -2.15. The van der Waals surface area contributed by atoms with Crippen LogP contribution in [-0.4, -0.2) is 49.9 Å². The Hall–Kier alpha value is -3.06. The van der Waals surface area contributed by atoms with Gasteiger partial charge in [-0.3, -0.25) is 4.79 Å². The van der Waals surface area contributed by atoms with Gasteiger partial charge in [-0.25, -0.2) is 4.79 Å². The average molecular weight is 399 g/mol. The summed E-state index contributed by atoms with van der Waals surface area (Å²) in [6, 6.07) is 7.21. The fourth-order valence-electron chi connectivity index (χ4n) is 3.20. The number of aryl methyl sites for hydroxylation is 1. The van der Waals surface area contributed by atoms with Crippen LogP contribution in [0.15, 0.2) is 30.3 Å². The van der Waals surface area contributed by atoms with Crippen LogP contribution in [0.1, 0.15) is 27.3 Å². The monoisotopic (exact) mass is 399 g/mol. The molecule has 0 saturated heterocycles. The Kier molecular flexibility index (Phi) is 6.72. The lowest BCUT2D eigenvalue weighted by atomic mass is 10.1. The number of aromatic nitrogens is 1. The normalized spacial score (nSPS) is 12.9. The smallest absolute Gasteiger partial charge is 0.331 e. The van der Waals surface area contributed by atoms with E-state index < -0.39 is 5.97 Å². The fourth-order valence-corrected chi connectivity index (χ4v) is 3.20. The molecule has 154 valence electrons. The molecule has 7 nitrogen and oxygen atoms in total. The molecule has 1 aliphatic heterocycles. The van der Waals surface area contributed by atoms with Crippen LogP contribution in [0.3, 0.4) is 0 Å². The average Bonchev–Trinajstić information content (AvgIpc) is 3.02. The first kappa shape index (κ1) is 20.7. The molecule has 7 heteroatoms. The molecule has 0 radical (unpaired) electrons. The van der Waals surface area contributed by atoms with Gasteiger partial charge in [-0.15, -0.1) is 0 Å². The van der Waals surface area contributed by atoms with Crippen molar-refractivity contribution in [2.45, 2.75) is 20.4 Å². The molecule has 1 aromatic heterocycles. The summed E-state index contributed by atoms with van der Waals surface area (Å²) in [6.45, 7) is 5.75. The summed E-state index contributed by atoms with van der Waals surface area (Å²) in [7, 11) is 1.64. The van der Waals surface area contributed by atoms with Crippen LogP contribution < -0.4 is 9.47 Å². The van der Waals surface area contributed by atoms with E-state index in [4.69, 9.17) is 18.9 Å². The summed E-state index contributed by atoms with van der Waals surface area (Å²) >= 11 is 0. The molecule has 0 amide bonds. The Balaban J connectivity index is 1.56. The minimum Gasteiger partial charge on any atom is -0.486 e. The zero-order chi connectivity index (χ0) is 20.8. The SMILES string of the molecule is COCCn1c(C)cc(C(=O)COC(=O)/C=C/c2ccc3c(c2)OCCO3)c1C. The molecule has 0 spiro atoms. The van der Waals surface area contributed by atoms with Gasteiger partial charge in [0.15, 0.2) is 18.1 Å². The van der Waals surface area contributed by atoms with Gasteiger partial charge >= 0.3 is 5.97 Å². The van der Waals surface area contributed by atoms with Crippen LogP contribution in [-0.2, 0) is 20.8 Å². The standard InChI is InChI=1S/C22H25NO6/c1-15-12-18(16(2)23(15)8-9-26-3)19(24)14-29-22(25)7-5-17-4-6-20-21(13-17)28-11-10-27-20/h4-7,12-13H,8-11,14H2,1-3H3/b7-5+. The molecular weight excluding hydrogens is 374 g/mol. The van der Waals surface area contributed by atoms with Gasteiger partial charge < -0.3 is 23.5 Å². The third kappa shape index (κ3) is 5.06. The number of hydrogen-bond donors (Lipinski definition) is 0. The summed E-state index contributed by atoms with van der Waals surface area (Å²) in [5.74, 6) is 0.514. The second-order valence-corrected chi connectivity index (χ2v) is 6.70. The highest BCUT2D eigenvalue weighted by molar-refractivity contribution is 6.00. The van der Waals surface area contributed by atoms with E-state index in [0.29, 0.717) is 43.4 Å². The number of benzene rings is 1. The Morgan fingerprint density at radius 2 is 1.90 bits per heavy atom. The maximum atomic E-state index is 12.5. The molecule has 0 N–H and O–H groups in total. The van der Waals surface area contributed by atoms with Gasteiger partial charge in [-0.1, -0.05) is 6.07 Å². The van der Waals surface area contributed by atoms with Crippen LogP contribution in [0, 0.1) is 13.8 Å².